The molecule has 2 unspecified atom stereocenters. The zero-order chi connectivity index (χ0) is 8.98. The van der Waals surface area contributed by atoms with Crippen LogP contribution in [0.5, 0.6) is 0 Å². The van der Waals surface area contributed by atoms with Crippen molar-refractivity contribution in [3.05, 3.63) is 12.2 Å². The SMILES string of the molecule is CP1C2(C)C=CC1(C)CC(=O)C2. The topological polar surface area (TPSA) is 17.1 Å². The summed E-state index contributed by atoms with van der Waals surface area (Å²) in [6, 6.07) is 0. The van der Waals surface area contributed by atoms with Gasteiger partial charge < -0.3 is 0 Å². The second-order valence-corrected chi connectivity index (χ2v) is 7.66. The van der Waals surface area contributed by atoms with E-state index < -0.39 is 0 Å². The van der Waals surface area contributed by atoms with Crippen molar-refractivity contribution >= 4 is 13.7 Å². The first-order valence-electron chi connectivity index (χ1n) is 4.42. The van der Waals surface area contributed by atoms with Gasteiger partial charge >= 0.3 is 0 Å². The molecule has 0 aromatic carbocycles. The number of Topliss-reactive ketones (excluding diaryl/α,β-unsaturated/α-hetero) is 1. The van der Waals surface area contributed by atoms with Crippen LogP contribution in [-0.4, -0.2) is 22.8 Å². The van der Waals surface area contributed by atoms with E-state index in [1.54, 1.807) is 0 Å². The largest absolute Gasteiger partial charge is 0.300 e. The van der Waals surface area contributed by atoms with Gasteiger partial charge in [-0.1, -0.05) is 33.9 Å². The molecule has 1 saturated heterocycles. The fourth-order valence-corrected chi connectivity index (χ4v) is 4.97. The van der Waals surface area contributed by atoms with Gasteiger partial charge in [-0.3, -0.25) is 4.79 Å². The first-order valence-corrected chi connectivity index (χ1v) is 6.21. The summed E-state index contributed by atoms with van der Waals surface area (Å²) in [5.41, 5.74) is 0. The van der Waals surface area contributed by atoms with E-state index in [1.807, 2.05) is 0 Å². The minimum absolute atomic E-state index is 0.0256. The number of fused-ring (bicyclic) bond motifs is 2. The molecule has 0 spiro atoms. The monoisotopic (exact) mass is 182 g/mol. The maximum Gasteiger partial charge on any atom is 0.135 e. The smallest absolute Gasteiger partial charge is 0.135 e. The lowest BCUT2D eigenvalue weighted by molar-refractivity contribution is -0.119. The van der Waals surface area contributed by atoms with E-state index >= 15 is 0 Å². The molecule has 2 rings (SSSR count). The van der Waals surface area contributed by atoms with Crippen LogP contribution in [0.4, 0.5) is 0 Å². The highest BCUT2D eigenvalue weighted by Crippen LogP contribution is 2.67. The van der Waals surface area contributed by atoms with Crippen molar-refractivity contribution in [1.82, 2.24) is 0 Å². The third-order valence-corrected chi connectivity index (χ3v) is 7.12. The molecule has 1 fully saturated rings. The van der Waals surface area contributed by atoms with Crippen LogP contribution >= 0.6 is 7.92 Å². The molecule has 2 heterocycles. The molecule has 66 valence electrons. The summed E-state index contributed by atoms with van der Waals surface area (Å²) in [5.74, 6) is 0.450. The van der Waals surface area contributed by atoms with Gasteiger partial charge in [0.15, 0.2) is 0 Å². The van der Waals surface area contributed by atoms with Gasteiger partial charge in [-0.15, -0.1) is 0 Å². The Morgan fingerprint density at radius 1 is 1.25 bits per heavy atom. The van der Waals surface area contributed by atoms with Crippen LogP contribution in [0.2, 0.25) is 0 Å². The van der Waals surface area contributed by atoms with Crippen molar-refractivity contribution in [2.24, 2.45) is 0 Å². The maximum atomic E-state index is 11.5. The molecule has 2 heteroatoms. The molecule has 0 saturated carbocycles. The molecule has 12 heavy (non-hydrogen) atoms. The summed E-state index contributed by atoms with van der Waals surface area (Å²) in [4.78, 5) is 11.5. The van der Waals surface area contributed by atoms with Gasteiger partial charge in [-0.05, 0) is 6.66 Å². The van der Waals surface area contributed by atoms with Gasteiger partial charge in [-0.25, -0.2) is 0 Å². The average Bonchev–Trinajstić information content (AvgIpc) is 2.16. The van der Waals surface area contributed by atoms with Crippen LogP contribution in [0, 0.1) is 0 Å². The summed E-state index contributed by atoms with van der Waals surface area (Å²) in [5, 5.41) is 0.443. The van der Waals surface area contributed by atoms with Crippen molar-refractivity contribution in [2.75, 3.05) is 6.66 Å². The zero-order valence-electron chi connectivity index (χ0n) is 7.92. The van der Waals surface area contributed by atoms with Crippen molar-refractivity contribution in [3.8, 4) is 0 Å². The molecule has 0 radical (unpaired) electrons. The summed E-state index contributed by atoms with van der Waals surface area (Å²) in [7, 11) is -0.0256. The molecule has 1 nitrogen and oxygen atoms in total. The number of carbonyl (C=O) groups is 1. The highest BCUT2D eigenvalue weighted by molar-refractivity contribution is 7.61. The van der Waals surface area contributed by atoms with Gasteiger partial charge in [0.05, 0.1) is 0 Å². The lowest BCUT2D eigenvalue weighted by atomic mass is 10.0. The zero-order valence-corrected chi connectivity index (χ0v) is 8.82. The van der Waals surface area contributed by atoms with Crippen molar-refractivity contribution < 1.29 is 4.79 Å². The standard InChI is InChI=1S/C10H15OP/c1-9-4-5-10(2,12(9)3)7-8(11)6-9/h4-5H,6-7H2,1-3H3. The van der Waals surface area contributed by atoms with E-state index in [1.165, 1.54) is 0 Å². The third kappa shape index (κ3) is 0.925. The van der Waals surface area contributed by atoms with Crippen LogP contribution in [-0.2, 0) is 4.79 Å². The summed E-state index contributed by atoms with van der Waals surface area (Å²) >= 11 is 0. The second kappa shape index (κ2) is 2.20. The van der Waals surface area contributed by atoms with E-state index in [0.717, 1.165) is 12.8 Å². The molecular weight excluding hydrogens is 167 g/mol. The first-order chi connectivity index (χ1) is 5.46. The lowest BCUT2D eigenvalue weighted by Gasteiger charge is -2.42. The molecule has 2 atom stereocenters. The Morgan fingerprint density at radius 2 is 1.67 bits per heavy atom. The fraction of sp³-hybridized carbons (Fsp3) is 0.700. The van der Waals surface area contributed by atoms with Gasteiger partial charge in [0.1, 0.15) is 5.78 Å². The Kier molecular flexibility index (Phi) is 1.55. The Bertz CT molecular complexity index is 247. The molecule has 2 bridgehead atoms. The number of hydrogen-bond acceptors (Lipinski definition) is 1. The molecule has 0 aliphatic carbocycles. The molecule has 0 aromatic heterocycles. The molecule has 0 aromatic rings. The molecular formula is C10H15OP. The summed E-state index contributed by atoms with van der Waals surface area (Å²) in [6.45, 7) is 6.80. The van der Waals surface area contributed by atoms with Gasteiger partial charge in [-0.2, -0.15) is 0 Å². The minimum Gasteiger partial charge on any atom is -0.300 e. The van der Waals surface area contributed by atoms with Crippen LogP contribution < -0.4 is 0 Å². The average molecular weight is 182 g/mol. The van der Waals surface area contributed by atoms with Gasteiger partial charge in [0, 0.05) is 23.2 Å². The van der Waals surface area contributed by atoms with Gasteiger partial charge in [0.2, 0.25) is 0 Å². The van der Waals surface area contributed by atoms with E-state index in [0.29, 0.717) is 5.78 Å². The first kappa shape index (κ1) is 8.44. The molecule has 2 aliphatic heterocycles. The Balaban J connectivity index is 2.42. The summed E-state index contributed by atoms with van der Waals surface area (Å²) in [6.07, 6.45) is 6.12. The van der Waals surface area contributed by atoms with E-state index in [-0.39, 0.29) is 18.2 Å². The number of carbonyl (C=O) groups excluding carboxylic acids is 1. The lowest BCUT2D eigenvalue weighted by Crippen LogP contribution is -2.35. The molecule has 0 N–H and O–H groups in total. The quantitative estimate of drug-likeness (QED) is 0.415. The predicted molar refractivity (Wildman–Crippen MR) is 53.0 cm³/mol. The van der Waals surface area contributed by atoms with Crippen LogP contribution in [0.1, 0.15) is 26.7 Å². The Labute approximate surface area is 75.0 Å². The number of hydrogen-bond donors (Lipinski definition) is 0. The fourth-order valence-electron chi connectivity index (χ4n) is 2.38. The van der Waals surface area contributed by atoms with Crippen molar-refractivity contribution in [2.45, 2.75) is 37.0 Å². The molecule has 2 aliphatic rings. The van der Waals surface area contributed by atoms with Crippen LogP contribution in [0.25, 0.3) is 0 Å². The maximum absolute atomic E-state index is 11.5. The van der Waals surface area contributed by atoms with Crippen LogP contribution in [0.3, 0.4) is 0 Å². The van der Waals surface area contributed by atoms with Crippen molar-refractivity contribution in [1.29, 1.82) is 0 Å². The van der Waals surface area contributed by atoms with Gasteiger partial charge in [0.25, 0.3) is 0 Å². The van der Waals surface area contributed by atoms with E-state index in [9.17, 15) is 4.79 Å². The van der Waals surface area contributed by atoms with E-state index in [4.69, 9.17) is 0 Å². The minimum atomic E-state index is -0.0256. The summed E-state index contributed by atoms with van der Waals surface area (Å²) < 4.78 is 0. The predicted octanol–water partition coefficient (Wildman–Crippen LogP) is 2.55. The van der Waals surface area contributed by atoms with E-state index in [2.05, 4.69) is 32.7 Å². The molecule has 0 amide bonds. The number of rotatable bonds is 0. The number of ketones is 1. The normalized spacial score (nSPS) is 51.6. The Hall–Kier alpha value is -0.160. The number of allylic oxidation sites excluding steroid dienone is 2. The van der Waals surface area contributed by atoms with Crippen molar-refractivity contribution in [3.63, 3.8) is 0 Å². The van der Waals surface area contributed by atoms with Crippen LogP contribution in [0.15, 0.2) is 12.2 Å². The second-order valence-electron chi connectivity index (χ2n) is 4.50. The third-order valence-electron chi connectivity index (χ3n) is 3.44. The Morgan fingerprint density at radius 3 is 2.08 bits per heavy atom. The highest BCUT2D eigenvalue weighted by atomic mass is 31.1. The highest BCUT2D eigenvalue weighted by Gasteiger charge is 2.50.